The van der Waals surface area contributed by atoms with Crippen LogP contribution in [0, 0.1) is 5.82 Å². The molecule has 0 aliphatic carbocycles. The first-order valence-corrected chi connectivity index (χ1v) is 12.6. The van der Waals surface area contributed by atoms with Gasteiger partial charge in [-0.15, -0.1) is 0 Å². The highest BCUT2D eigenvalue weighted by atomic mass is 19.4. The SMILES string of the molecule is C[C@@H](C(=O)N(C)CC[C@@H](Oc1ccc(C(F)(F)F)cc1)c1ccccc1)c1ccc(-c2ccccc2)c(F)c1. The van der Waals surface area contributed by atoms with Crippen LogP contribution < -0.4 is 4.74 Å². The molecule has 3 nitrogen and oxygen atoms in total. The van der Waals surface area contributed by atoms with E-state index in [1.807, 2.05) is 60.7 Å². The molecule has 0 aliphatic rings. The number of benzene rings is 4. The molecule has 0 unspecified atom stereocenters. The van der Waals surface area contributed by atoms with Crippen molar-refractivity contribution in [3.8, 4) is 16.9 Å². The topological polar surface area (TPSA) is 29.5 Å². The second kappa shape index (κ2) is 12.2. The van der Waals surface area contributed by atoms with Crippen LogP contribution in [0.4, 0.5) is 17.6 Å². The van der Waals surface area contributed by atoms with Gasteiger partial charge in [0.25, 0.3) is 0 Å². The second-order valence-electron chi connectivity index (χ2n) is 9.41. The Balaban J connectivity index is 1.44. The number of nitrogens with zero attached hydrogens (tertiary/aromatic N) is 1. The number of hydrogen-bond donors (Lipinski definition) is 0. The fourth-order valence-electron chi connectivity index (χ4n) is 4.39. The predicted molar refractivity (Wildman–Crippen MR) is 144 cm³/mol. The fourth-order valence-corrected chi connectivity index (χ4v) is 4.39. The molecular weight excluding hydrogens is 506 g/mol. The molecule has 4 aromatic carbocycles. The Hall–Kier alpha value is -4.13. The van der Waals surface area contributed by atoms with E-state index in [0.717, 1.165) is 23.3 Å². The fraction of sp³-hybridized carbons (Fsp3) is 0.219. The lowest BCUT2D eigenvalue weighted by Crippen LogP contribution is -2.32. The molecule has 0 aliphatic heterocycles. The molecule has 7 heteroatoms. The van der Waals surface area contributed by atoms with Crippen LogP contribution >= 0.6 is 0 Å². The summed E-state index contributed by atoms with van der Waals surface area (Å²) in [6.07, 6.45) is -4.51. The van der Waals surface area contributed by atoms with Gasteiger partial charge in [0.15, 0.2) is 0 Å². The zero-order chi connectivity index (χ0) is 28.0. The molecule has 4 rings (SSSR count). The summed E-state index contributed by atoms with van der Waals surface area (Å²) in [5.74, 6) is -0.841. The largest absolute Gasteiger partial charge is 0.486 e. The number of amides is 1. The number of likely N-dealkylation sites (N-methyl/N-ethyl adjacent to an activating group) is 1. The van der Waals surface area contributed by atoms with Crippen LogP contribution in [0.5, 0.6) is 5.75 Å². The van der Waals surface area contributed by atoms with E-state index in [1.165, 1.54) is 18.2 Å². The number of rotatable bonds is 9. The molecule has 0 N–H and O–H groups in total. The van der Waals surface area contributed by atoms with E-state index in [2.05, 4.69) is 0 Å². The Bertz CT molecular complexity index is 1370. The Morgan fingerprint density at radius 2 is 1.46 bits per heavy atom. The van der Waals surface area contributed by atoms with Crippen molar-refractivity contribution in [2.45, 2.75) is 31.5 Å². The minimum atomic E-state index is -4.43. The third-order valence-corrected chi connectivity index (χ3v) is 6.68. The van der Waals surface area contributed by atoms with Crippen molar-refractivity contribution in [3.05, 3.63) is 126 Å². The van der Waals surface area contributed by atoms with E-state index < -0.39 is 29.6 Å². The predicted octanol–water partition coefficient (Wildman–Crippen LogP) is 8.28. The van der Waals surface area contributed by atoms with E-state index in [4.69, 9.17) is 4.74 Å². The van der Waals surface area contributed by atoms with Gasteiger partial charge in [-0.2, -0.15) is 13.2 Å². The summed E-state index contributed by atoms with van der Waals surface area (Å²) in [7, 11) is 1.67. The average Bonchev–Trinajstić information content (AvgIpc) is 2.95. The highest BCUT2D eigenvalue weighted by Crippen LogP contribution is 2.32. The normalized spacial score (nSPS) is 13.0. The summed E-state index contributed by atoms with van der Waals surface area (Å²) in [6, 6.07) is 27.9. The van der Waals surface area contributed by atoms with Gasteiger partial charge < -0.3 is 9.64 Å². The van der Waals surface area contributed by atoms with E-state index in [-0.39, 0.29) is 5.91 Å². The van der Waals surface area contributed by atoms with Crippen LogP contribution in [0.25, 0.3) is 11.1 Å². The van der Waals surface area contributed by atoms with Gasteiger partial charge in [0.05, 0.1) is 11.5 Å². The van der Waals surface area contributed by atoms with Gasteiger partial charge in [-0.1, -0.05) is 72.8 Å². The van der Waals surface area contributed by atoms with Gasteiger partial charge in [0.1, 0.15) is 17.7 Å². The molecule has 39 heavy (non-hydrogen) atoms. The summed E-state index contributed by atoms with van der Waals surface area (Å²) in [5, 5.41) is 0. The Kier molecular flexibility index (Phi) is 8.69. The molecule has 0 heterocycles. The third-order valence-electron chi connectivity index (χ3n) is 6.68. The number of halogens is 4. The van der Waals surface area contributed by atoms with Crippen LogP contribution in [0.3, 0.4) is 0 Å². The number of carbonyl (C=O) groups is 1. The van der Waals surface area contributed by atoms with Crippen LogP contribution in [0.1, 0.15) is 42.1 Å². The van der Waals surface area contributed by atoms with E-state index in [0.29, 0.717) is 29.8 Å². The molecule has 0 bridgehead atoms. The highest BCUT2D eigenvalue weighted by molar-refractivity contribution is 5.83. The van der Waals surface area contributed by atoms with Crippen molar-refractivity contribution in [2.24, 2.45) is 0 Å². The lowest BCUT2D eigenvalue weighted by atomic mass is 9.96. The van der Waals surface area contributed by atoms with Crippen LogP contribution in [0.15, 0.2) is 103 Å². The minimum Gasteiger partial charge on any atom is -0.486 e. The highest BCUT2D eigenvalue weighted by Gasteiger charge is 2.30. The maximum atomic E-state index is 14.9. The molecule has 0 aromatic heterocycles. The first-order valence-electron chi connectivity index (χ1n) is 12.6. The summed E-state index contributed by atoms with van der Waals surface area (Å²) in [4.78, 5) is 14.8. The number of hydrogen-bond acceptors (Lipinski definition) is 2. The Morgan fingerprint density at radius 3 is 2.05 bits per heavy atom. The zero-order valence-electron chi connectivity index (χ0n) is 21.7. The van der Waals surface area contributed by atoms with Crippen molar-refractivity contribution in [2.75, 3.05) is 13.6 Å². The Morgan fingerprint density at radius 1 is 0.846 bits per heavy atom. The van der Waals surface area contributed by atoms with Crippen molar-refractivity contribution < 1.29 is 27.1 Å². The standard InChI is InChI=1S/C32H29F4NO2/c1-22(25-13-18-28(29(33)21-25)23-9-5-3-6-10-23)31(38)37(2)20-19-30(24-11-7-4-8-12-24)39-27-16-14-26(15-17-27)32(34,35)36/h3-18,21-22,30H,19-20H2,1-2H3/t22-,30-/m1/s1. The maximum Gasteiger partial charge on any atom is 0.416 e. The molecule has 0 radical (unpaired) electrons. The van der Waals surface area contributed by atoms with E-state index >= 15 is 0 Å². The molecule has 0 saturated heterocycles. The van der Waals surface area contributed by atoms with Crippen LogP contribution in [-0.4, -0.2) is 24.4 Å². The van der Waals surface area contributed by atoms with Crippen molar-refractivity contribution in [1.82, 2.24) is 4.90 Å². The molecule has 0 spiro atoms. The number of alkyl halides is 3. The van der Waals surface area contributed by atoms with Gasteiger partial charge in [-0.25, -0.2) is 4.39 Å². The van der Waals surface area contributed by atoms with E-state index in [1.54, 1.807) is 31.0 Å². The first-order chi connectivity index (χ1) is 18.6. The lowest BCUT2D eigenvalue weighted by Gasteiger charge is -2.25. The van der Waals surface area contributed by atoms with Gasteiger partial charge in [-0.3, -0.25) is 4.79 Å². The molecule has 202 valence electrons. The first kappa shape index (κ1) is 27.9. The van der Waals surface area contributed by atoms with Gasteiger partial charge in [0, 0.05) is 25.6 Å². The summed E-state index contributed by atoms with van der Waals surface area (Å²) in [6.45, 7) is 2.07. The van der Waals surface area contributed by atoms with Crippen LogP contribution in [-0.2, 0) is 11.0 Å². The molecule has 2 atom stereocenters. The van der Waals surface area contributed by atoms with Crippen molar-refractivity contribution in [1.29, 1.82) is 0 Å². The minimum absolute atomic E-state index is 0.178. The number of carbonyl (C=O) groups excluding carboxylic acids is 1. The molecular formula is C32H29F4NO2. The summed E-state index contributed by atoms with van der Waals surface area (Å²) in [5.41, 5.74) is 1.89. The second-order valence-corrected chi connectivity index (χ2v) is 9.41. The van der Waals surface area contributed by atoms with Gasteiger partial charge >= 0.3 is 6.18 Å². The smallest absolute Gasteiger partial charge is 0.416 e. The lowest BCUT2D eigenvalue weighted by molar-refractivity contribution is -0.137. The van der Waals surface area contributed by atoms with Crippen LogP contribution in [0.2, 0.25) is 0 Å². The molecule has 4 aromatic rings. The average molecular weight is 536 g/mol. The third kappa shape index (κ3) is 7.05. The quantitative estimate of drug-likeness (QED) is 0.202. The molecule has 0 fully saturated rings. The van der Waals surface area contributed by atoms with Gasteiger partial charge in [-0.05, 0) is 53.9 Å². The van der Waals surface area contributed by atoms with Crippen molar-refractivity contribution >= 4 is 5.91 Å². The molecule has 0 saturated carbocycles. The summed E-state index contributed by atoms with van der Waals surface area (Å²) < 4.78 is 59.8. The summed E-state index contributed by atoms with van der Waals surface area (Å²) >= 11 is 0. The number of ether oxygens (including phenoxy) is 1. The Labute approximate surface area is 225 Å². The monoisotopic (exact) mass is 535 g/mol. The zero-order valence-corrected chi connectivity index (χ0v) is 21.7. The maximum absolute atomic E-state index is 14.9. The molecule has 1 amide bonds. The van der Waals surface area contributed by atoms with Crippen molar-refractivity contribution in [3.63, 3.8) is 0 Å². The van der Waals surface area contributed by atoms with E-state index in [9.17, 15) is 22.4 Å². The van der Waals surface area contributed by atoms with Gasteiger partial charge in [0.2, 0.25) is 5.91 Å².